The summed E-state index contributed by atoms with van der Waals surface area (Å²) in [7, 11) is 3.96. The number of hydrogen-bond donors (Lipinski definition) is 2. The first-order valence-electron chi connectivity index (χ1n) is 13.0. The molecular formula is C25H32F3N9O. The van der Waals surface area contributed by atoms with Gasteiger partial charge < -0.3 is 20.0 Å². The van der Waals surface area contributed by atoms with Gasteiger partial charge in [0.1, 0.15) is 12.2 Å². The summed E-state index contributed by atoms with van der Waals surface area (Å²) in [5.41, 5.74) is 1.53. The molecule has 38 heavy (non-hydrogen) atoms. The number of aromatic nitrogens is 5. The number of hydrogen-bond acceptors (Lipinski definition) is 6. The van der Waals surface area contributed by atoms with Gasteiger partial charge in [-0.1, -0.05) is 6.92 Å². The number of pyridine rings is 1. The van der Waals surface area contributed by atoms with Crippen LogP contribution in [0.4, 0.5) is 29.5 Å². The molecule has 3 aromatic rings. The first-order chi connectivity index (χ1) is 18.0. The van der Waals surface area contributed by atoms with E-state index in [0.29, 0.717) is 65.4 Å². The number of H-pyrrole nitrogens is 1. The first kappa shape index (κ1) is 25.0. The summed E-state index contributed by atoms with van der Waals surface area (Å²) in [6, 6.07) is 1.71. The third-order valence-corrected chi connectivity index (χ3v) is 8.19. The predicted molar refractivity (Wildman–Crippen MR) is 137 cm³/mol. The van der Waals surface area contributed by atoms with Crippen LogP contribution in [-0.4, -0.2) is 92.3 Å². The third kappa shape index (κ3) is 4.46. The van der Waals surface area contributed by atoms with Crippen molar-refractivity contribution in [3.8, 4) is 11.4 Å². The molecule has 0 bridgehead atoms. The van der Waals surface area contributed by atoms with Crippen molar-refractivity contribution in [2.75, 3.05) is 43.9 Å². The first-order valence-corrected chi connectivity index (χ1v) is 13.0. The van der Waals surface area contributed by atoms with Crippen LogP contribution in [0, 0.1) is 5.92 Å². The van der Waals surface area contributed by atoms with Crippen LogP contribution in [0.15, 0.2) is 18.5 Å². The predicted octanol–water partition coefficient (Wildman–Crippen LogP) is 3.93. The highest BCUT2D eigenvalue weighted by Gasteiger charge is 2.52. The molecule has 2 saturated heterocycles. The zero-order valence-electron chi connectivity index (χ0n) is 21.7. The van der Waals surface area contributed by atoms with Crippen molar-refractivity contribution < 1.29 is 18.0 Å². The number of aromatic amines is 1. The van der Waals surface area contributed by atoms with E-state index in [2.05, 4.69) is 37.4 Å². The van der Waals surface area contributed by atoms with E-state index in [1.54, 1.807) is 12.3 Å². The Morgan fingerprint density at radius 2 is 2.03 bits per heavy atom. The molecule has 1 aliphatic carbocycles. The number of nitrogens with zero attached hydrogens (tertiary/aromatic N) is 7. The van der Waals surface area contributed by atoms with Crippen molar-refractivity contribution in [1.29, 1.82) is 0 Å². The number of piperidine rings is 1. The van der Waals surface area contributed by atoms with Crippen LogP contribution in [0.3, 0.4) is 0 Å². The lowest BCUT2D eigenvalue weighted by molar-refractivity contribution is -0.141. The van der Waals surface area contributed by atoms with Gasteiger partial charge in [0, 0.05) is 37.4 Å². The Bertz CT molecular complexity index is 1350. The molecule has 10 nitrogen and oxygen atoms in total. The van der Waals surface area contributed by atoms with Gasteiger partial charge in [0.15, 0.2) is 5.82 Å². The Morgan fingerprint density at radius 3 is 2.71 bits per heavy atom. The molecule has 2 amide bonds. The summed E-state index contributed by atoms with van der Waals surface area (Å²) in [4.78, 5) is 23.8. The van der Waals surface area contributed by atoms with Gasteiger partial charge in [-0.25, -0.2) is 4.79 Å². The highest BCUT2D eigenvalue weighted by atomic mass is 19.4. The van der Waals surface area contributed by atoms with E-state index in [1.165, 1.54) is 6.20 Å². The Morgan fingerprint density at radius 1 is 1.26 bits per heavy atom. The summed E-state index contributed by atoms with van der Waals surface area (Å²) in [5, 5.41) is 14.8. The molecule has 0 radical (unpaired) electrons. The van der Waals surface area contributed by atoms with Crippen molar-refractivity contribution in [1.82, 2.24) is 34.8 Å². The lowest BCUT2D eigenvalue weighted by atomic mass is 9.91. The molecule has 13 heteroatoms. The molecule has 1 atom stereocenters. The molecule has 204 valence electrons. The fourth-order valence-corrected chi connectivity index (χ4v) is 5.81. The number of urea groups is 1. The maximum atomic E-state index is 13.4. The molecular weight excluding hydrogens is 499 g/mol. The zero-order valence-corrected chi connectivity index (χ0v) is 21.7. The van der Waals surface area contributed by atoms with Crippen LogP contribution in [0.1, 0.15) is 32.6 Å². The van der Waals surface area contributed by atoms with Crippen molar-refractivity contribution >= 4 is 28.4 Å². The Hall–Kier alpha value is -3.35. The monoisotopic (exact) mass is 531 g/mol. The number of fused-ring (bicyclic) bond motifs is 1. The van der Waals surface area contributed by atoms with Crippen LogP contribution in [0.2, 0.25) is 0 Å². The average molecular weight is 532 g/mol. The van der Waals surface area contributed by atoms with Gasteiger partial charge in [-0.2, -0.15) is 23.4 Å². The minimum absolute atomic E-state index is 0.0498. The van der Waals surface area contributed by atoms with E-state index in [9.17, 15) is 18.0 Å². The number of halogens is 3. The molecule has 6 rings (SSSR count). The van der Waals surface area contributed by atoms with E-state index in [1.807, 2.05) is 23.9 Å². The molecule has 1 spiro atoms. The molecule has 0 unspecified atom stereocenters. The number of nitrogens with one attached hydrogen (secondary N) is 2. The SMILES string of the molecule is C[C@@H]1CCN(C(=O)Nc2cn[nH]c2-c2cc3c(cn2)c(N2CC(N(C)C)C2)nn3CC(F)(F)F)C2(CC2)C1. The zero-order chi connectivity index (χ0) is 26.8. The summed E-state index contributed by atoms with van der Waals surface area (Å²) in [6.07, 6.45) is 2.63. The van der Waals surface area contributed by atoms with Crippen molar-refractivity contribution in [3.63, 3.8) is 0 Å². The quantitative estimate of drug-likeness (QED) is 0.518. The molecule has 2 N–H and O–H groups in total. The van der Waals surface area contributed by atoms with Gasteiger partial charge >= 0.3 is 12.2 Å². The summed E-state index contributed by atoms with van der Waals surface area (Å²) in [5.74, 6) is 1.09. The van der Waals surface area contributed by atoms with Gasteiger partial charge in [-0.15, -0.1) is 0 Å². The Kier molecular flexibility index (Phi) is 5.82. The van der Waals surface area contributed by atoms with Crippen LogP contribution < -0.4 is 10.2 Å². The topological polar surface area (TPSA) is 98.2 Å². The summed E-state index contributed by atoms with van der Waals surface area (Å²) >= 11 is 0. The molecule has 0 aromatic carbocycles. The number of alkyl halides is 3. The number of rotatable bonds is 5. The minimum Gasteiger partial charge on any atom is -0.351 e. The Labute approximate surface area is 218 Å². The number of anilines is 2. The van der Waals surface area contributed by atoms with Crippen LogP contribution >= 0.6 is 0 Å². The maximum Gasteiger partial charge on any atom is 0.408 e. The van der Waals surface area contributed by atoms with E-state index in [4.69, 9.17) is 0 Å². The van der Waals surface area contributed by atoms with E-state index >= 15 is 0 Å². The number of amides is 2. The van der Waals surface area contributed by atoms with Gasteiger partial charge in [0.2, 0.25) is 0 Å². The number of likely N-dealkylation sites (tertiary alicyclic amines) is 1. The van der Waals surface area contributed by atoms with Crippen molar-refractivity contribution in [2.45, 2.75) is 56.9 Å². The van der Waals surface area contributed by atoms with Crippen molar-refractivity contribution in [3.05, 3.63) is 18.5 Å². The second-order valence-corrected chi connectivity index (χ2v) is 11.3. The molecule has 2 aliphatic heterocycles. The molecule has 1 saturated carbocycles. The Balaban J connectivity index is 1.29. The fourth-order valence-electron chi connectivity index (χ4n) is 5.81. The van der Waals surface area contributed by atoms with Crippen LogP contribution in [-0.2, 0) is 6.54 Å². The third-order valence-electron chi connectivity index (χ3n) is 8.19. The summed E-state index contributed by atoms with van der Waals surface area (Å²) < 4.78 is 41.3. The highest BCUT2D eigenvalue weighted by Crippen LogP contribution is 2.50. The van der Waals surface area contributed by atoms with Gasteiger partial charge in [0.25, 0.3) is 0 Å². The molecule has 3 aromatic heterocycles. The summed E-state index contributed by atoms with van der Waals surface area (Å²) in [6.45, 7) is 3.08. The normalized spacial score (nSPS) is 21.4. The van der Waals surface area contributed by atoms with E-state index in [-0.39, 0.29) is 11.6 Å². The van der Waals surface area contributed by atoms with Crippen LogP contribution in [0.5, 0.6) is 0 Å². The largest absolute Gasteiger partial charge is 0.408 e. The molecule has 5 heterocycles. The number of carbonyl (C=O) groups is 1. The molecule has 3 aliphatic rings. The molecule has 3 fully saturated rings. The highest BCUT2D eigenvalue weighted by molar-refractivity contribution is 5.96. The fraction of sp³-hybridized carbons (Fsp3) is 0.600. The van der Waals surface area contributed by atoms with Gasteiger partial charge in [0.05, 0.1) is 28.5 Å². The smallest absolute Gasteiger partial charge is 0.351 e. The number of likely N-dealkylation sites (N-methyl/N-ethyl adjacent to an activating group) is 1. The van der Waals surface area contributed by atoms with Crippen LogP contribution in [0.25, 0.3) is 22.3 Å². The van der Waals surface area contributed by atoms with E-state index < -0.39 is 12.7 Å². The number of carbonyl (C=O) groups excluding carboxylic acids is 1. The second-order valence-electron chi connectivity index (χ2n) is 11.3. The van der Waals surface area contributed by atoms with Crippen molar-refractivity contribution in [2.24, 2.45) is 5.92 Å². The van der Waals surface area contributed by atoms with Gasteiger partial charge in [-0.05, 0) is 51.8 Å². The lowest BCUT2D eigenvalue weighted by Gasteiger charge is -2.43. The average Bonchev–Trinajstić information content (AvgIpc) is 3.25. The maximum absolute atomic E-state index is 13.4. The van der Waals surface area contributed by atoms with E-state index in [0.717, 1.165) is 30.4 Å². The lowest BCUT2D eigenvalue weighted by Crippen LogP contribution is -2.57. The second kappa shape index (κ2) is 8.85. The standard InChI is InChI=1S/C25H32F3N9O/c1-15-4-7-36(24(9-15)5-6-24)23(38)31-19-11-30-32-21(19)18-8-20-17(10-29-18)22(33-37(20)14-25(26,27)28)35-12-16(13-35)34(2)3/h8,10-11,15-16H,4-7,9,12-14H2,1-3H3,(H,30,32)(H,31,38)/t15-/m1/s1. The van der Waals surface area contributed by atoms with Gasteiger partial charge in [-0.3, -0.25) is 14.8 Å². The minimum atomic E-state index is -4.43.